The number of fused-ring (bicyclic) bond motifs is 1. The fourth-order valence-electron chi connectivity index (χ4n) is 2.76. The summed E-state index contributed by atoms with van der Waals surface area (Å²) in [4.78, 5) is 23.4. The van der Waals surface area contributed by atoms with Gasteiger partial charge in [0.2, 0.25) is 5.91 Å². The number of benzene rings is 3. The minimum Gasteiger partial charge on any atom is -0.478 e. The molecule has 0 unspecified atom stereocenters. The summed E-state index contributed by atoms with van der Waals surface area (Å²) in [6.07, 6.45) is -4.34. The molecule has 0 bridgehead atoms. The van der Waals surface area contributed by atoms with Crippen LogP contribution in [-0.4, -0.2) is 23.2 Å². The fraction of sp³-hybridized carbons (Fsp3) is 0.0476. The Balaban J connectivity index is 1.98. The van der Waals surface area contributed by atoms with Crippen LogP contribution in [0.25, 0.3) is 16.3 Å². The summed E-state index contributed by atoms with van der Waals surface area (Å²) < 4.78 is 40.7. The molecule has 1 amide bonds. The van der Waals surface area contributed by atoms with Crippen molar-refractivity contribution in [3.05, 3.63) is 83.9 Å². The molecule has 0 heterocycles. The zero-order valence-electron chi connectivity index (χ0n) is 14.3. The summed E-state index contributed by atoms with van der Waals surface area (Å²) in [6.45, 7) is 0. The van der Waals surface area contributed by atoms with Crippen molar-refractivity contribution in [2.45, 2.75) is 6.18 Å². The van der Waals surface area contributed by atoms with E-state index in [1.807, 2.05) is 0 Å². The van der Waals surface area contributed by atoms with Gasteiger partial charge in [0.15, 0.2) is 0 Å². The number of halogens is 3. The van der Waals surface area contributed by atoms with Gasteiger partial charge in [0.25, 0.3) is 0 Å². The predicted molar refractivity (Wildman–Crippen MR) is 100 cm³/mol. The summed E-state index contributed by atoms with van der Waals surface area (Å²) >= 11 is 0. The zero-order chi connectivity index (χ0) is 20.3. The Morgan fingerprint density at radius 2 is 1.54 bits per heavy atom. The van der Waals surface area contributed by atoms with Gasteiger partial charge in [0.1, 0.15) is 0 Å². The molecule has 7 heteroatoms. The first-order chi connectivity index (χ1) is 13.3. The number of carbonyl (C=O) groups excluding carboxylic acids is 1. The second-order valence-electron chi connectivity index (χ2n) is 5.96. The van der Waals surface area contributed by atoms with Crippen molar-refractivity contribution < 1.29 is 27.9 Å². The predicted octanol–water partition coefficient (Wildman–Crippen LogP) is 5.12. The van der Waals surface area contributed by atoms with Crippen LogP contribution in [0.5, 0.6) is 0 Å². The lowest BCUT2D eigenvalue weighted by molar-refractivity contribution is -0.112. The van der Waals surface area contributed by atoms with E-state index < -0.39 is 23.6 Å². The van der Waals surface area contributed by atoms with Gasteiger partial charge in [-0.05, 0) is 34.5 Å². The lowest BCUT2D eigenvalue weighted by Gasteiger charge is -2.13. The summed E-state index contributed by atoms with van der Waals surface area (Å²) in [7, 11) is 0. The Bertz CT molecular complexity index is 1090. The Kier molecular flexibility index (Phi) is 5.17. The highest BCUT2D eigenvalue weighted by Gasteiger charge is 2.35. The second-order valence-corrected chi connectivity index (χ2v) is 5.96. The quantitative estimate of drug-likeness (QED) is 0.613. The first-order valence-electron chi connectivity index (χ1n) is 8.17. The number of hydrogen-bond acceptors (Lipinski definition) is 2. The van der Waals surface area contributed by atoms with Crippen molar-refractivity contribution in [3.8, 4) is 0 Å². The van der Waals surface area contributed by atoms with Crippen LogP contribution in [-0.2, 0) is 4.79 Å². The van der Waals surface area contributed by atoms with Crippen LogP contribution in [0.4, 0.5) is 18.9 Å². The van der Waals surface area contributed by atoms with Gasteiger partial charge >= 0.3 is 12.1 Å². The number of hydrogen-bond donors (Lipinski definition) is 2. The van der Waals surface area contributed by atoms with E-state index in [4.69, 9.17) is 5.11 Å². The van der Waals surface area contributed by atoms with E-state index in [9.17, 15) is 22.8 Å². The van der Waals surface area contributed by atoms with E-state index in [1.165, 1.54) is 36.4 Å². The highest BCUT2D eigenvalue weighted by atomic mass is 19.4. The van der Waals surface area contributed by atoms with Crippen molar-refractivity contribution in [3.63, 3.8) is 0 Å². The molecule has 2 N–H and O–H groups in total. The smallest absolute Gasteiger partial charge is 0.417 e. The maximum absolute atomic E-state index is 13.6. The third kappa shape index (κ3) is 4.20. The third-order valence-corrected chi connectivity index (χ3v) is 4.06. The van der Waals surface area contributed by atoms with Crippen molar-refractivity contribution in [1.29, 1.82) is 0 Å². The number of allylic oxidation sites excluding steroid dienone is 1. The van der Waals surface area contributed by atoms with Gasteiger partial charge in [0, 0.05) is 6.08 Å². The Hall–Kier alpha value is -3.61. The minimum absolute atomic E-state index is 0.0868. The molecule has 3 aromatic carbocycles. The van der Waals surface area contributed by atoms with E-state index in [1.54, 1.807) is 30.3 Å². The molecule has 4 nitrogen and oxygen atoms in total. The van der Waals surface area contributed by atoms with Crippen LogP contribution in [0.2, 0.25) is 0 Å². The van der Waals surface area contributed by atoms with Gasteiger partial charge in [-0.3, -0.25) is 4.79 Å². The molecule has 3 rings (SSSR count). The number of nitrogens with one attached hydrogen (secondary N) is 1. The SMILES string of the molecule is O=C(C=C(c1ccc2ccccc2c1)C(F)(F)F)Nc1ccccc1C(=O)O. The van der Waals surface area contributed by atoms with Crippen LogP contribution in [0, 0.1) is 0 Å². The maximum Gasteiger partial charge on any atom is 0.417 e. The largest absolute Gasteiger partial charge is 0.478 e. The molecule has 0 aromatic heterocycles. The number of para-hydroxylation sites is 1. The number of anilines is 1. The molecular formula is C21H14F3NO3. The van der Waals surface area contributed by atoms with Crippen LogP contribution >= 0.6 is 0 Å². The van der Waals surface area contributed by atoms with E-state index >= 15 is 0 Å². The van der Waals surface area contributed by atoms with Crippen molar-refractivity contribution in [2.75, 3.05) is 5.32 Å². The minimum atomic E-state index is -4.77. The standard InChI is InChI=1S/C21H14F3NO3/c22-21(23,24)17(15-10-9-13-5-1-2-6-14(13)11-15)12-19(26)25-18-8-4-3-7-16(18)20(27)28/h1-12H,(H,25,26)(H,27,28). The molecule has 0 radical (unpaired) electrons. The molecule has 3 aromatic rings. The summed E-state index contributed by atoms with van der Waals surface area (Å²) in [5.41, 5.74) is -1.59. The highest BCUT2D eigenvalue weighted by Crippen LogP contribution is 2.35. The van der Waals surface area contributed by atoms with Crippen LogP contribution in [0.15, 0.2) is 72.8 Å². The maximum atomic E-state index is 13.6. The summed E-state index contributed by atoms with van der Waals surface area (Å²) in [5.74, 6) is -2.38. The lowest BCUT2D eigenvalue weighted by Crippen LogP contribution is -2.17. The van der Waals surface area contributed by atoms with Crippen molar-refractivity contribution >= 4 is 33.9 Å². The Labute approximate surface area is 157 Å². The molecule has 28 heavy (non-hydrogen) atoms. The second kappa shape index (κ2) is 7.56. The first-order valence-corrected chi connectivity index (χ1v) is 8.17. The molecule has 0 saturated carbocycles. The molecule has 0 spiro atoms. The molecule has 0 saturated heterocycles. The van der Waals surface area contributed by atoms with Gasteiger partial charge in [-0.25, -0.2) is 4.79 Å². The van der Waals surface area contributed by atoms with E-state index in [2.05, 4.69) is 5.32 Å². The van der Waals surface area contributed by atoms with E-state index in [-0.39, 0.29) is 16.8 Å². The number of aromatic carboxylic acids is 1. The van der Waals surface area contributed by atoms with Crippen molar-refractivity contribution in [1.82, 2.24) is 0 Å². The molecule has 142 valence electrons. The molecular weight excluding hydrogens is 371 g/mol. The number of alkyl halides is 3. The van der Waals surface area contributed by atoms with Crippen LogP contribution < -0.4 is 5.32 Å². The zero-order valence-corrected chi connectivity index (χ0v) is 14.3. The normalized spacial score (nSPS) is 12.0. The van der Waals surface area contributed by atoms with Gasteiger partial charge < -0.3 is 10.4 Å². The van der Waals surface area contributed by atoms with Gasteiger partial charge in [-0.2, -0.15) is 13.2 Å². The summed E-state index contributed by atoms with van der Waals surface area (Å²) in [5, 5.41) is 12.7. The van der Waals surface area contributed by atoms with E-state index in [0.717, 1.165) is 5.39 Å². The summed E-state index contributed by atoms with van der Waals surface area (Å²) in [6, 6.07) is 16.6. The number of carbonyl (C=O) groups is 2. The molecule has 0 aliphatic carbocycles. The molecule has 0 aliphatic heterocycles. The number of amides is 1. The molecule has 0 fully saturated rings. The monoisotopic (exact) mass is 385 g/mol. The Morgan fingerprint density at radius 1 is 0.893 bits per heavy atom. The lowest BCUT2D eigenvalue weighted by atomic mass is 10.0. The highest BCUT2D eigenvalue weighted by molar-refractivity contribution is 6.08. The van der Waals surface area contributed by atoms with Gasteiger partial charge in [0.05, 0.1) is 16.8 Å². The van der Waals surface area contributed by atoms with Gasteiger partial charge in [-0.15, -0.1) is 0 Å². The number of rotatable bonds is 4. The van der Waals surface area contributed by atoms with Crippen molar-refractivity contribution in [2.24, 2.45) is 0 Å². The molecule has 0 aliphatic rings. The number of carboxylic acid groups (broad SMARTS) is 1. The first kappa shape index (κ1) is 19.2. The average Bonchev–Trinajstić information content (AvgIpc) is 2.65. The fourth-order valence-corrected chi connectivity index (χ4v) is 2.76. The van der Waals surface area contributed by atoms with E-state index in [0.29, 0.717) is 11.5 Å². The van der Waals surface area contributed by atoms with Crippen LogP contribution in [0.3, 0.4) is 0 Å². The molecule has 0 atom stereocenters. The third-order valence-electron chi connectivity index (χ3n) is 4.06. The average molecular weight is 385 g/mol. The Morgan fingerprint density at radius 3 is 2.21 bits per heavy atom. The van der Waals surface area contributed by atoms with Gasteiger partial charge in [-0.1, -0.05) is 48.5 Å². The van der Waals surface area contributed by atoms with Crippen LogP contribution in [0.1, 0.15) is 15.9 Å². The topological polar surface area (TPSA) is 66.4 Å². The number of carboxylic acids is 1.